The van der Waals surface area contributed by atoms with Crippen LogP contribution in [0.15, 0.2) is 6.20 Å². The number of aryl methyl sites for hydroxylation is 2. The number of nitrogens with zero attached hydrogens (tertiary/aromatic N) is 1. The van der Waals surface area contributed by atoms with Crippen LogP contribution in [0, 0.1) is 6.92 Å². The summed E-state index contributed by atoms with van der Waals surface area (Å²) in [6.45, 7) is 5.27. The van der Waals surface area contributed by atoms with Crippen LogP contribution in [0.2, 0.25) is 0 Å². The van der Waals surface area contributed by atoms with E-state index in [0.717, 1.165) is 18.5 Å². The van der Waals surface area contributed by atoms with Gasteiger partial charge in [-0.1, -0.05) is 0 Å². The molecule has 2 N–H and O–H groups in total. The SMILES string of the molecule is CCOCC(=O)NCCCc1cn[nH]c1C. The Morgan fingerprint density at radius 3 is 3.06 bits per heavy atom. The fraction of sp³-hybridized carbons (Fsp3) is 0.636. The molecule has 1 heterocycles. The molecule has 0 atom stereocenters. The van der Waals surface area contributed by atoms with Crippen LogP contribution in [0.3, 0.4) is 0 Å². The van der Waals surface area contributed by atoms with E-state index in [0.29, 0.717) is 13.2 Å². The van der Waals surface area contributed by atoms with Gasteiger partial charge in [-0.2, -0.15) is 5.10 Å². The van der Waals surface area contributed by atoms with E-state index >= 15 is 0 Å². The Morgan fingerprint density at radius 1 is 1.62 bits per heavy atom. The summed E-state index contributed by atoms with van der Waals surface area (Å²) in [5, 5.41) is 9.64. The third-order valence-corrected chi connectivity index (χ3v) is 2.32. The largest absolute Gasteiger partial charge is 0.372 e. The van der Waals surface area contributed by atoms with Gasteiger partial charge in [0.2, 0.25) is 5.91 Å². The van der Waals surface area contributed by atoms with Crippen molar-refractivity contribution in [1.82, 2.24) is 15.5 Å². The van der Waals surface area contributed by atoms with Gasteiger partial charge in [0, 0.05) is 18.8 Å². The van der Waals surface area contributed by atoms with Crippen molar-refractivity contribution in [1.29, 1.82) is 0 Å². The molecule has 0 fully saturated rings. The van der Waals surface area contributed by atoms with Crippen molar-refractivity contribution < 1.29 is 9.53 Å². The minimum absolute atomic E-state index is 0.0502. The average molecular weight is 225 g/mol. The highest BCUT2D eigenvalue weighted by atomic mass is 16.5. The summed E-state index contributed by atoms with van der Waals surface area (Å²) < 4.78 is 4.99. The highest BCUT2D eigenvalue weighted by Gasteiger charge is 2.02. The number of nitrogens with one attached hydrogen (secondary N) is 2. The van der Waals surface area contributed by atoms with Crippen LogP contribution < -0.4 is 5.32 Å². The summed E-state index contributed by atoms with van der Waals surface area (Å²) in [5.74, 6) is -0.0502. The summed E-state index contributed by atoms with van der Waals surface area (Å²) in [4.78, 5) is 11.2. The zero-order chi connectivity index (χ0) is 11.8. The second-order valence-corrected chi connectivity index (χ2v) is 3.61. The standard InChI is InChI=1S/C11H19N3O2/c1-3-16-8-11(15)12-6-4-5-10-7-13-14-9(10)2/h7H,3-6,8H2,1-2H3,(H,12,15)(H,13,14). The van der Waals surface area contributed by atoms with Gasteiger partial charge in [0.25, 0.3) is 0 Å². The van der Waals surface area contributed by atoms with Crippen molar-refractivity contribution >= 4 is 5.91 Å². The topological polar surface area (TPSA) is 67.0 Å². The van der Waals surface area contributed by atoms with Crippen LogP contribution in [0.1, 0.15) is 24.6 Å². The van der Waals surface area contributed by atoms with Gasteiger partial charge in [0.15, 0.2) is 0 Å². The molecule has 0 radical (unpaired) electrons. The number of carbonyl (C=O) groups excluding carboxylic acids is 1. The maximum absolute atomic E-state index is 11.2. The molecule has 16 heavy (non-hydrogen) atoms. The zero-order valence-corrected chi connectivity index (χ0v) is 9.88. The number of amides is 1. The molecule has 1 aromatic rings. The number of ether oxygens (including phenoxy) is 1. The molecule has 5 heteroatoms. The molecule has 0 aliphatic carbocycles. The van der Waals surface area contributed by atoms with Crippen LogP contribution in [0.5, 0.6) is 0 Å². The van der Waals surface area contributed by atoms with Gasteiger partial charge in [-0.3, -0.25) is 9.89 Å². The molecular weight excluding hydrogens is 206 g/mol. The normalized spacial score (nSPS) is 10.4. The predicted octanol–water partition coefficient (Wildman–Crippen LogP) is 0.803. The van der Waals surface area contributed by atoms with Crippen molar-refractivity contribution in [2.75, 3.05) is 19.8 Å². The van der Waals surface area contributed by atoms with E-state index < -0.39 is 0 Å². The minimum Gasteiger partial charge on any atom is -0.372 e. The molecule has 0 unspecified atom stereocenters. The number of carbonyl (C=O) groups is 1. The molecule has 0 saturated carbocycles. The summed E-state index contributed by atoms with van der Waals surface area (Å²) >= 11 is 0. The van der Waals surface area contributed by atoms with Gasteiger partial charge in [0.05, 0.1) is 6.20 Å². The molecule has 1 rings (SSSR count). The first kappa shape index (κ1) is 12.7. The number of aromatic amines is 1. The lowest BCUT2D eigenvalue weighted by molar-refractivity contribution is -0.125. The molecule has 0 aromatic carbocycles. The highest BCUT2D eigenvalue weighted by molar-refractivity contribution is 5.77. The Hall–Kier alpha value is -1.36. The van der Waals surface area contributed by atoms with E-state index in [2.05, 4.69) is 15.5 Å². The van der Waals surface area contributed by atoms with Crippen LogP contribution in [0.4, 0.5) is 0 Å². The smallest absolute Gasteiger partial charge is 0.245 e. The van der Waals surface area contributed by atoms with Crippen LogP contribution in [-0.2, 0) is 16.0 Å². The van der Waals surface area contributed by atoms with E-state index in [1.807, 2.05) is 20.0 Å². The molecule has 1 aromatic heterocycles. The van der Waals surface area contributed by atoms with E-state index in [1.54, 1.807) is 0 Å². The van der Waals surface area contributed by atoms with Crippen LogP contribution in [0.25, 0.3) is 0 Å². The Kier molecular flexibility index (Phi) is 5.56. The fourth-order valence-electron chi connectivity index (χ4n) is 1.38. The summed E-state index contributed by atoms with van der Waals surface area (Å²) in [6.07, 6.45) is 3.67. The molecule has 0 spiro atoms. The molecule has 90 valence electrons. The summed E-state index contributed by atoms with van der Waals surface area (Å²) in [5.41, 5.74) is 2.31. The molecule has 0 aliphatic rings. The van der Waals surface area contributed by atoms with E-state index in [4.69, 9.17) is 4.74 Å². The highest BCUT2D eigenvalue weighted by Crippen LogP contribution is 2.04. The lowest BCUT2D eigenvalue weighted by Crippen LogP contribution is -2.28. The molecule has 0 bridgehead atoms. The molecule has 1 amide bonds. The molecule has 0 aliphatic heterocycles. The van der Waals surface area contributed by atoms with Crippen molar-refractivity contribution in [3.8, 4) is 0 Å². The lowest BCUT2D eigenvalue weighted by atomic mass is 10.1. The number of H-pyrrole nitrogens is 1. The molecular formula is C11H19N3O2. The predicted molar refractivity (Wildman–Crippen MR) is 61.1 cm³/mol. The second kappa shape index (κ2) is 7.00. The van der Waals surface area contributed by atoms with Gasteiger partial charge >= 0.3 is 0 Å². The van der Waals surface area contributed by atoms with Gasteiger partial charge in [-0.15, -0.1) is 0 Å². The van der Waals surface area contributed by atoms with Gasteiger partial charge in [-0.05, 0) is 32.3 Å². The van der Waals surface area contributed by atoms with Gasteiger partial charge < -0.3 is 10.1 Å². The van der Waals surface area contributed by atoms with Crippen molar-refractivity contribution in [2.45, 2.75) is 26.7 Å². The minimum atomic E-state index is -0.0502. The van der Waals surface area contributed by atoms with E-state index in [9.17, 15) is 4.79 Å². The number of hydrogen-bond donors (Lipinski definition) is 2. The third kappa shape index (κ3) is 4.44. The molecule has 0 saturated heterocycles. The molecule has 5 nitrogen and oxygen atoms in total. The maximum atomic E-state index is 11.2. The quantitative estimate of drug-likeness (QED) is 0.675. The van der Waals surface area contributed by atoms with Gasteiger partial charge in [0.1, 0.15) is 6.61 Å². The monoisotopic (exact) mass is 225 g/mol. The van der Waals surface area contributed by atoms with Gasteiger partial charge in [-0.25, -0.2) is 0 Å². The first-order chi connectivity index (χ1) is 7.74. The first-order valence-electron chi connectivity index (χ1n) is 5.57. The lowest BCUT2D eigenvalue weighted by Gasteiger charge is -2.04. The fourth-order valence-corrected chi connectivity index (χ4v) is 1.38. The van der Waals surface area contributed by atoms with E-state index in [1.165, 1.54) is 5.56 Å². The third-order valence-electron chi connectivity index (χ3n) is 2.32. The average Bonchev–Trinajstić information content (AvgIpc) is 2.67. The van der Waals surface area contributed by atoms with Crippen molar-refractivity contribution in [3.63, 3.8) is 0 Å². The van der Waals surface area contributed by atoms with Crippen molar-refractivity contribution in [2.24, 2.45) is 0 Å². The summed E-state index contributed by atoms with van der Waals surface area (Å²) in [7, 11) is 0. The van der Waals surface area contributed by atoms with Crippen molar-refractivity contribution in [3.05, 3.63) is 17.5 Å². The Labute approximate surface area is 95.6 Å². The Bertz CT molecular complexity index is 323. The maximum Gasteiger partial charge on any atom is 0.245 e. The van der Waals surface area contributed by atoms with Crippen LogP contribution in [-0.4, -0.2) is 35.9 Å². The first-order valence-corrected chi connectivity index (χ1v) is 5.57. The Morgan fingerprint density at radius 2 is 2.44 bits per heavy atom. The summed E-state index contributed by atoms with van der Waals surface area (Å²) in [6, 6.07) is 0. The second-order valence-electron chi connectivity index (χ2n) is 3.61. The zero-order valence-electron chi connectivity index (χ0n) is 9.88. The Balaban J connectivity index is 2.08. The number of hydrogen-bond acceptors (Lipinski definition) is 3. The number of aromatic nitrogens is 2. The van der Waals surface area contributed by atoms with E-state index in [-0.39, 0.29) is 12.5 Å². The van der Waals surface area contributed by atoms with Crippen LogP contribution >= 0.6 is 0 Å². The number of rotatable bonds is 7.